The van der Waals surface area contributed by atoms with Crippen LogP contribution in [0.1, 0.15) is 27.7 Å². The number of fused-ring (bicyclic) bond motifs is 1. The van der Waals surface area contributed by atoms with Crippen LogP contribution in [0.25, 0.3) is 10.1 Å². The molecule has 1 N–H and O–H groups in total. The van der Waals surface area contributed by atoms with Crippen LogP contribution >= 0.6 is 11.3 Å². The van der Waals surface area contributed by atoms with Crippen molar-refractivity contribution in [1.82, 2.24) is 0 Å². The average molecular weight is 274 g/mol. The molecular formula is C12H9F3O2S. The fourth-order valence-electron chi connectivity index (χ4n) is 1.85. The second-order valence-electron chi connectivity index (χ2n) is 3.78. The lowest BCUT2D eigenvalue weighted by Crippen LogP contribution is -2.03. The van der Waals surface area contributed by atoms with Gasteiger partial charge in [-0.05, 0) is 29.5 Å². The quantitative estimate of drug-likeness (QED) is 0.892. The van der Waals surface area contributed by atoms with Crippen molar-refractivity contribution < 1.29 is 23.1 Å². The van der Waals surface area contributed by atoms with E-state index in [-0.39, 0.29) is 4.88 Å². The van der Waals surface area contributed by atoms with Crippen molar-refractivity contribution in [2.45, 2.75) is 19.5 Å². The number of rotatable bonds is 2. The van der Waals surface area contributed by atoms with Gasteiger partial charge in [0, 0.05) is 4.70 Å². The highest BCUT2D eigenvalue weighted by Crippen LogP contribution is 2.37. The summed E-state index contributed by atoms with van der Waals surface area (Å²) in [4.78, 5) is 11.1. The molecular weight excluding hydrogens is 265 g/mol. The van der Waals surface area contributed by atoms with Crippen LogP contribution in [0.15, 0.2) is 18.2 Å². The zero-order chi connectivity index (χ0) is 13.5. The number of carboxylic acid groups (broad SMARTS) is 1. The molecule has 0 amide bonds. The van der Waals surface area contributed by atoms with Gasteiger partial charge in [0.2, 0.25) is 0 Å². The molecule has 1 aromatic heterocycles. The summed E-state index contributed by atoms with van der Waals surface area (Å²) in [7, 11) is 0. The Morgan fingerprint density at radius 1 is 1.39 bits per heavy atom. The van der Waals surface area contributed by atoms with Crippen LogP contribution in [0, 0.1) is 0 Å². The Morgan fingerprint density at radius 3 is 2.56 bits per heavy atom. The van der Waals surface area contributed by atoms with E-state index in [9.17, 15) is 18.0 Å². The molecule has 0 saturated heterocycles. The van der Waals surface area contributed by atoms with Crippen LogP contribution in [0.2, 0.25) is 0 Å². The van der Waals surface area contributed by atoms with Crippen LogP contribution in [-0.4, -0.2) is 11.1 Å². The van der Waals surface area contributed by atoms with Crippen molar-refractivity contribution in [1.29, 1.82) is 0 Å². The number of hydrogen-bond acceptors (Lipinski definition) is 2. The maximum atomic E-state index is 12.6. The summed E-state index contributed by atoms with van der Waals surface area (Å²) in [5.74, 6) is -1.10. The van der Waals surface area contributed by atoms with Gasteiger partial charge in [-0.2, -0.15) is 13.2 Å². The minimum atomic E-state index is -4.41. The van der Waals surface area contributed by atoms with E-state index < -0.39 is 17.7 Å². The summed E-state index contributed by atoms with van der Waals surface area (Å²) in [6.45, 7) is 1.78. The number of alkyl halides is 3. The Bertz CT molecular complexity index is 614. The van der Waals surface area contributed by atoms with Gasteiger partial charge < -0.3 is 5.11 Å². The Morgan fingerprint density at radius 2 is 2.06 bits per heavy atom. The molecule has 0 fully saturated rings. The van der Waals surface area contributed by atoms with E-state index in [4.69, 9.17) is 5.11 Å². The molecule has 96 valence electrons. The molecule has 0 spiro atoms. The van der Waals surface area contributed by atoms with Gasteiger partial charge in [0.05, 0.1) is 5.56 Å². The zero-order valence-electron chi connectivity index (χ0n) is 9.34. The van der Waals surface area contributed by atoms with Crippen molar-refractivity contribution in [2.24, 2.45) is 0 Å². The molecule has 2 rings (SSSR count). The molecule has 0 unspecified atom stereocenters. The molecule has 0 aliphatic carbocycles. The van der Waals surface area contributed by atoms with Crippen LogP contribution in [0.5, 0.6) is 0 Å². The first-order chi connectivity index (χ1) is 8.34. The predicted octanol–water partition coefficient (Wildman–Crippen LogP) is 4.18. The molecule has 2 nitrogen and oxygen atoms in total. The number of thiophene rings is 1. The maximum Gasteiger partial charge on any atom is 0.416 e. The number of carbonyl (C=O) groups is 1. The highest BCUT2D eigenvalue weighted by molar-refractivity contribution is 7.21. The third-order valence-electron chi connectivity index (χ3n) is 2.67. The van der Waals surface area contributed by atoms with Gasteiger partial charge in [0.1, 0.15) is 4.88 Å². The van der Waals surface area contributed by atoms with Gasteiger partial charge in [-0.15, -0.1) is 11.3 Å². The molecule has 1 aromatic carbocycles. The summed E-state index contributed by atoms with van der Waals surface area (Å²) in [6, 6.07) is 3.34. The van der Waals surface area contributed by atoms with E-state index in [1.54, 1.807) is 6.92 Å². The topological polar surface area (TPSA) is 37.3 Å². The summed E-state index contributed by atoms with van der Waals surface area (Å²) < 4.78 is 38.0. The van der Waals surface area contributed by atoms with Gasteiger partial charge in [-0.1, -0.05) is 13.0 Å². The fraction of sp³-hybridized carbons (Fsp3) is 0.250. The Labute approximate surface area is 105 Å². The minimum Gasteiger partial charge on any atom is -0.477 e. The third-order valence-corrected chi connectivity index (χ3v) is 3.85. The van der Waals surface area contributed by atoms with Gasteiger partial charge in [-0.3, -0.25) is 0 Å². The monoisotopic (exact) mass is 274 g/mol. The molecule has 6 heteroatoms. The second kappa shape index (κ2) is 4.28. The van der Waals surface area contributed by atoms with Gasteiger partial charge >= 0.3 is 12.1 Å². The van der Waals surface area contributed by atoms with Gasteiger partial charge in [0.15, 0.2) is 0 Å². The van der Waals surface area contributed by atoms with E-state index in [0.717, 1.165) is 23.5 Å². The van der Waals surface area contributed by atoms with E-state index >= 15 is 0 Å². The highest BCUT2D eigenvalue weighted by Gasteiger charge is 2.31. The number of aryl methyl sites for hydroxylation is 1. The van der Waals surface area contributed by atoms with Crippen molar-refractivity contribution in [3.05, 3.63) is 34.2 Å². The first-order valence-corrected chi connectivity index (χ1v) is 6.02. The normalized spacial score (nSPS) is 12.0. The maximum absolute atomic E-state index is 12.6. The largest absolute Gasteiger partial charge is 0.477 e. The van der Waals surface area contributed by atoms with Gasteiger partial charge in [-0.25, -0.2) is 4.79 Å². The van der Waals surface area contributed by atoms with Crippen molar-refractivity contribution in [3.63, 3.8) is 0 Å². The first kappa shape index (κ1) is 12.9. The molecule has 2 aromatic rings. The molecule has 1 heterocycles. The van der Waals surface area contributed by atoms with Crippen LogP contribution in [0.3, 0.4) is 0 Å². The minimum absolute atomic E-state index is 0.117. The molecule has 0 saturated carbocycles. The summed E-state index contributed by atoms with van der Waals surface area (Å²) in [5.41, 5.74) is -0.160. The lowest BCUT2D eigenvalue weighted by atomic mass is 10.1. The van der Waals surface area contributed by atoms with E-state index in [1.165, 1.54) is 6.07 Å². The highest BCUT2D eigenvalue weighted by atomic mass is 32.1. The Kier molecular flexibility index (Phi) is 3.06. The number of aromatic carboxylic acids is 1. The molecule has 0 bridgehead atoms. The van der Waals surface area contributed by atoms with Crippen LogP contribution < -0.4 is 0 Å². The molecule has 18 heavy (non-hydrogen) atoms. The number of benzene rings is 1. The lowest BCUT2D eigenvalue weighted by molar-refractivity contribution is -0.137. The average Bonchev–Trinajstić information content (AvgIpc) is 2.65. The number of halogens is 3. The zero-order valence-corrected chi connectivity index (χ0v) is 10.2. The molecule has 0 aliphatic heterocycles. The Hall–Kier alpha value is -1.56. The standard InChI is InChI=1S/C12H9F3O2S/c1-2-7-8-4-3-6(12(13,14)15)5-9(8)18-10(7)11(16)17/h3-5H,2H2,1H3,(H,16,17). The summed E-state index contributed by atoms with van der Waals surface area (Å²) in [6.07, 6.45) is -3.93. The third kappa shape index (κ3) is 2.08. The molecule has 0 atom stereocenters. The van der Waals surface area contributed by atoms with E-state index in [0.29, 0.717) is 22.1 Å². The number of carboxylic acids is 1. The predicted molar refractivity (Wildman–Crippen MR) is 63.2 cm³/mol. The summed E-state index contributed by atoms with van der Waals surface area (Å²) in [5, 5.41) is 9.61. The smallest absolute Gasteiger partial charge is 0.416 e. The van der Waals surface area contributed by atoms with Crippen molar-refractivity contribution >= 4 is 27.4 Å². The van der Waals surface area contributed by atoms with Gasteiger partial charge in [0.25, 0.3) is 0 Å². The fourth-order valence-corrected chi connectivity index (χ4v) is 3.02. The van der Waals surface area contributed by atoms with Crippen LogP contribution in [-0.2, 0) is 12.6 Å². The number of hydrogen-bond donors (Lipinski definition) is 1. The SMILES string of the molecule is CCc1c(C(=O)O)sc2cc(C(F)(F)F)ccc12. The molecule has 0 aliphatic rings. The summed E-state index contributed by atoms with van der Waals surface area (Å²) >= 11 is 0.887. The Balaban J connectivity index is 2.69. The second-order valence-corrected chi connectivity index (χ2v) is 4.83. The molecule has 0 radical (unpaired) electrons. The van der Waals surface area contributed by atoms with E-state index in [1.807, 2.05) is 0 Å². The lowest BCUT2D eigenvalue weighted by Gasteiger charge is -2.06. The van der Waals surface area contributed by atoms with Crippen molar-refractivity contribution in [3.8, 4) is 0 Å². The van der Waals surface area contributed by atoms with Crippen molar-refractivity contribution in [2.75, 3.05) is 0 Å². The van der Waals surface area contributed by atoms with Crippen LogP contribution in [0.4, 0.5) is 13.2 Å². The van der Waals surface area contributed by atoms with E-state index in [2.05, 4.69) is 0 Å². The first-order valence-electron chi connectivity index (χ1n) is 5.20.